The lowest BCUT2D eigenvalue weighted by Crippen LogP contribution is -2.14. The molecule has 0 amide bonds. The number of methoxy groups -OCH3 is 1. The number of rotatable bonds is 4. The summed E-state index contributed by atoms with van der Waals surface area (Å²) in [5.41, 5.74) is 1.15. The first-order valence-electron chi connectivity index (χ1n) is 5.69. The molecule has 1 saturated carbocycles. The lowest BCUT2D eigenvalue weighted by Gasteiger charge is -2.20. The van der Waals surface area contributed by atoms with Crippen LogP contribution in [0.1, 0.15) is 30.4 Å². The third kappa shape index (κ3) is 2.07. The topological polar surface area (TPSA) is 66.8 Å². The predicted octanol–water partition coefficient (Wildman–Crippen LogP) is 2.98. The number of carbonyl (C=O) groups is 1. The van der Waals surface area contributed by atoms with Crippen LogP contribution in [0.25, 0.3) is 0 Å². The quantitative estimate of drug-likeness (QED) is 0.896. The van der Waals surface area contributed by atoms with Crippen LogP contribution in [0, 0.1) is 6.92 Å². The number of aliphatic carboxylic acids is 1. The van der Waals surface area contributed by atoms with Crippen molar-refractivity contribution >= 4 is 21.9 Å². The van der Waals surface area contributed by atoms with E-state index in [9.17, 15) is 9.90 Å². The van der Waals surface area contributed by atoms with Gasteiger partial charge < -0.3 is 14.9 Å². The zero-order valence-electron chi connectivity index (χ0n) is 10.3. The minimum atomic E-state index is -0.848. The van der Waals surface area contributed by atoms with Gasteiger partial charge in [-0.25, -0.2) is 0 Å². The SMILES string of the molecule is COc1cc(C)c(Br)c(C2(CC(=O)O)CC2)c1O. The second-order valence-corrected chi connectivity index (χ2v) is 5.58. The highest BCUT2D eigenvalue weighted by Crippen LogP contribution is 2.58. The molecule has 1 fully saturated rings. The summed E-state index contributed by atoms with van der Waals surface area (Å²) in [6.07, 6.45) is 1.59. The molecule has 98 valence electrons. The number of ether oxygens (including phenoxy) is 1. The summed E-state index contributed by atoms with van der Waals surface area (Å²) >= 11 is 3.45. The Morgan fingerprint density at radius 1 is 1.56 bits per heavy atom. The fraction of sp³-hybridized carbons (Fsp3) is 0.462. The molecule has 0 atom stereocenters. The van der Waals surface area contributed by atoms with E-state index < -0.39 is 11.4 Å². The molecule has 0 aliphatic heterocycles. The average molecular weight is 315 g/mol. The third-order valence-corrected chi connectivity index (χ3v) is 4.50. The Morgan fingerprint density at radius 2 is 2.17 bits per heavy atom. The van der Waals surface area contributed by atoms with E-state index >= 15 is 0 Å². The summed E-state index contributed by atoms with van der Waals surface area (Å²) in [5, 5.41) is 19.2. The number of phenolic OH excluding ortho intramolecular Hbond substituents is 1. The van der Waals surface area contributed by atoms with Crippen LogP contribution in [-0.2, 0) is 10.2 Å². The molecule has 0 bridgehead atoms. The highest BCUT2D eigenvalue weighted by atomic mass is 79.9. The molecule has 1 aromatic rings. The highest BCUT2D eigenvalue weighted by Gasteiger charge is 2.49. The lowest BCUT2D eigenvalue weighted by molar-refractivity contribution is -0.137. The highest BCUT2D eigenvalue weighted by molar-refractivity contribution is 9.10. The number of carboxylic acid groups (broad SMARTS) is 1. The first-order valence-corrected chi connectivity index (χ1v) is 6.49. The minimum absolute atomic E-state index is 0.0335. The molecule has 2 N–H and O–H groups in total. The van der Waals surface area contributed by atoms with E-state index in [0.717, 1.165) is 22.9 Å². The molecule has 0 spiro atoms. The number of halogens is 1. The standard InChI is InChI=1S/C13H15BrO4/c1-7-5-8(18-2)12(17)10(11(7)14)13(3-4-13)6-9(15)16/h5,17H,3-4,6H2,1-2H3,(H,15,16). The van der Waals surface area contributed by atoms with Gasteiger partial charge >= 0.3 is 5.97 Å². The monoisotopic (exact) mass is 314 g/mol. The van der Waals surface area contributed by atoms with Gasteiger partial charge in [-0.05, 0) is 31.4 Å². The Hall–Kier alpha value is -1.23. The van der Waals surface area contributed by atoms with Crippen LogP contribution < -0.4 is 4.74 Å². The number of aryl methyl sites for hydroxylation is 1. The van der Waals surface area contributed by atoms with Gasteiger partial charge in [0.05, 0.1) is 13.5 Å². The summed E-state index contributed by atoms with van der Waals surface area (Å²) in [4.78, 5) is 11.0. The molecule has 5 heteroatoms. The number of aromatic hydroxyl groups is 1. The molecule has 0 heterocycles. The molecule has 18 heavy (non-hydrogen) atoms. The van der Waals surface area contributed by atoms with Crippen molar-refractivity contribution in [2.45, 2.75) is 31.6 Å². The van der Waals surface area contributed by atoms with E-state index in [1.807, 2.05) is 6.92 Å². The smallest absolute Gasteiger partial charge is 0.304 e. The Labute approximate surface area is 114 Å². The molecule has 0 aromatic heterocycles. The predicted molar refractivity (Wildman–Crippen MR) is 70.3 cm³/mol. The molecular formula is C13H15BrO4. The molecule has 1 aliphatic rings. The van der Waals surface area contributed by atoms with Crippen molar-refractivity contribution < 1.29 is 19.7 Å². The lowest BCUT2D eigenvalue weighted by atomic mass is 9.90. The second-order valence-electron chi connectivity index (χ2n) is 4.78. The Bertz CT molecular complexity index is 506. The summed E-state index contributed by atoms with van der Waals surface area (Å²) in [6.45, 7) is 1.90. The van der Waals surface area contributed by atoms with Crippen molar-refractivity contribution in [3.05, 3.63) is 21.7 Å². The number of phenols is 1. The number of hydrogen-bond acceptors (Lipinski definition) is 3. The molecule has 0 saturated heterocycles. The van der Waals surface area contributed by atoms with E-state index in [-0.39, 0.29) is 12.2 Å². The van der Waals surface area contributed by atoms with Crippen molar-refractivity contribution in [1.29, 1.82) is 0 Å². The van der Waals surface area contributed by atoms with Crippen LogP contribution in [0.15, 0.2) is 10.5 Å². The molecule has 1 aliphatic carbocycles. The first kappa shape index (κ1) is 13.2. The van der Waals surface area contributed by atoms with Crippen LogP contribution in [0.5, 0.6) is 11.5 Å². The normalized spacial score (nSPS) is 16.4. The van der Waals surface area contributed by atoms with Gasteiger partial charge in [0.15, 0.2) is 11.5 Å². The van der Waals surface area contributed by atoms with Crippen LogP contribution >= 0.6 is 15.9 Å². The third-order valence-electron chi connectivity index (χ3n) is 3.48. The van der Waals surface area contributed by atoms with E-state index in [2.05, 4.69) is 15.9 Å². The van der Waals surface area contributed by atoms with Gasteiger partial charge in [-0.3, -0.25) is 4.79 Å². The summed E-state index contributed by atoms with van der Waals surface area (Å²) < 4.78 is 5.91. The van der Waals surface area contributed by atoms with E-state index in [0.29, 0.717) is 11.3 Å². The Balaban J connectivity index is 2.56. The fourth-order valence-corrected chi connectivity index (χ4v) is 3.07. The number of benzene rings is 1. The van der Waals surface area contributed by atoms with Crippen molar-refractivity contribution in [2.75, 3.05) is 7.11 Å². The Morgan fingerprint density at radius 3 is 2.61 bits per heavy atom. The average Bonchev–Trinajstić information content (AvgIpc) is 3.03. The van der Waals surface area contributed by atoms with E-state index in [1.165, 1.54) is 7.11 Å². The summed E-state index contributed by atoms with van der Waals surface area (Å²) in [6, 6.07) is 1.74. The van der Waals surface area contributed by atoms with Crippen molar-refractivity contribution in [3.63, 3.8) is 0 Å². The van der Waals surface area contributed by atoms with Crippen molar-refractivity contribution in [2.24, 2.45) is 0 Å². The molecule has 1 aromatic carbocycles. The zero-order chi connectivity index (χ0) is 13.5. The maximum absolute atomic E-state index is 11.0. The van der Waals surface area contributed by atoms with Crippen LogP contribution in [0.4, 0.5) is 0 Å². The van der Waals surface area contributed by atoms with Crippen molar-refractivity contribution in [3.8, 4) is 11.5 Å². The van der Waals surface area contributed by atoms with Gasteiger partial charge in [-0.2, -0.15) is 0 Å². The molecule has 0 unspecified atom stereocenters. The maximum Gasteiger partial charge on any atom is 0.304 e. The Kier molecular flexibility index (Phi) is 3.27. The van der Waals surface area contributed by atoms with Gasteiger partial charge in [0.2, 0.25) is 0 Å². The van der Waals surface area contributed by atoms with Crippen LogP contribution in [0.3, 0.4) is 0 Å². The maximum atomic E-state index is 11.0. The van der Waals surface area contributed by atoms with Crippen LogP contribution in [0.2, 0.25) is 0 Å². The first-order chi connectivity index (χ1) is 8.41. The minimum Gasteiger partial charge on any atom is -0.504 e. The molecule has 4 nitrogen and oxygen atoms in total. The van der Waals surface area contributed by atoms with Crippen molar-refractivity contribution in [1.82, 2.24) is 0 Å². The van der Waals surface area contributed by atoms with Gasteiger partial charge in [0.1, 0.15) is 0 Å². The van der Waals surface area contributed by atoms with Gasteiger partial charge in [0.25, 0.3) is 0 Å². The van der Waals surface area contributed by atoms with Gasteiger partial charge in [-0.1, -0.05) is 15.9 Å². The zero-order valence-corrected chi connectivity index (χ0v) is 11.9. The van der Waals surface area contributed by atoms with Gasteiger partial charge in [-0.15, -0.1) is 0 Å². The van der Waals surface area contributed by atoms with E-state index in [4.69, 9.17) is 9.84 Å². The molecule has 2 rings (SSSR count). The fourth-order valence-electron chi connectivity index (χ4n) is 2.35. The molecule has 0 radical (unpaired) electrons. The second kappa shape index (κ2) is 4.46. The number of carboxylic acids is 1. The summed E-state index contributed by atoms with van der Waals surface area (Å²) in [5.74, 6) is -0.407. The number of hydrogen-bond donors (Lipinski definition) is 2. The van der Waals surface area contributed by atoms with Crippen LogP contribution in [-0.4, -0.2) is 23.3 Å². The van der Waals surface area contributed by atoms with Gasteiger partial charge in [0, 0.05) is 15.5 Å². The summed E-state index contributed by atoms with van der Waals surface area (Å²) in [7, 11) is 1.49. The molecular weight excluding hydrogens is 300 g/mol. The largest absolute Gasteiger partial charge is 0.504 e. The van der Waals surface area contributed by atoms with E-state index in [1.54, 1.807) is 6.07 Å².